The smallest absolute Gasteiger partial charge is 0.338 e. The molecule has 5 rings (SSSR count). The average Bonchev–Trinajstić information content (AvgIpc) is 4.11. The monoisotopic (exact) mass is 882 g/mol. The first-order valence-corrected chi connectivity index (χ1v) is 24.8. The standard InChI is InChI=1S/C52H83NO10/c1-10-11-12-13-14-15-16-17-18-19-20-21-22-23-47(54)62-46-32-43(38(6)49(57-9)37(5)27-34(2)26-35(3)28-41-33-58-39(7)53-41)61-51(56)50-44(60-50)30-40-29-42(59-48(55)31-40)36(4)24-25-45-52(46,8)63-45/h26-28,33,36,38,40,42-47,49-50,54H,10-25,29-32H2,1-9H3/b34-26+,35-28+,37-27+/t36?,38?,40?,42?,43?,44?,45?,46?,47-,49?,50?,52?/m1/s1. The maximum absolute atomic E-state index is 14.0. The van der Waals surface area contributed by atoms with Gasteiger partial charge in [-0.05, 0) is 95.3 Å². The van der Waals surface area contributed by atoms with Gasteiger partial charge in [-0.25, -0.2) is 9.78 Å². The van der Waals surface area contributed by atoms with Gasteiger partial charge in [0.1, 0.15) is 29.8 Å². The number of epoxide rings is 2. The molecule has 0 spiro atoms. The summed E-state index contributed by atoms with van der Waals surface area (Å²) >= 11 is 0. The van der Waals surface area contributed by atoms with Crippen molar-refractivity contribution in [3.63, 3.8) is 0 Å². The summed E-state index contributed by atoms with van der Waals surface area (Å²) < 4.78 is 43.0. The van der Waals surface area contributed by atoms with E-state index in [4.69, 9.17) is 32.8 Å². The zero-order valence-corrected chi connectivity index (χ0v) is 40.4. The minimum atomic E-state index is -0.986. The zero-order valence-electron chi connectivity index (χ0n) is 40.4. The molecular formula is C52H83NO10. The Morgan fingerprint density at radius 3 is 2.19 bits per heavy atom. The van der Waals surface area contributed by atoms with Crippen LogP contribution in [0.4, 0.5) is 0 Å². The van der Waals surface area contributed by atoms with Crippen LogP contribution in [0.2, 0.25) is 0 Å². The number of nitrogens with zero attached hydrogens (tertiary/aromatic N) is 1. The number of aromatic nitrogens is 1. The number of methoxy groups -OCH3 is 1. The fourth-order valence-corrected chi connectivity index (χ4v) is 10.2. The molecule has 1 aromatic heterocycles. The summed E-state index contributed by atoms with van der Waals surface area (Å²) in [5.41, 5.74) is 3.09. The van der Waals surface area contributed by atoms with Crippen LogP contribution in [-0.2, 0) is 38.0 Å². The van der Waals surface area contributed by atoms with Crippen molar-refractivity contribution >= 4 is 18.0 Å². The third kappa shape index (κ3) is 16.2. The van der Waals surface area contributed by atoms with Gasteiger partial charge in [0.15, 0.2) is 18.3 Å². The molecule has 0 amide bonds. The van der Waals surface area contributed by atoms with E-state index in [1.807, 2.05) is 40.7 Å². The molecule has 4 aliphatic rings. The molecule has 2 bridgehead atoms. The number of aliphatic hydroxyl groups excluding tert-OH is 1. The van der Waals surface area contributed by atoms with E-state index in [1.54, 1.807) is 13.4 Å². The van der Waals surface area contributed by atoms with Gasteiger partial charge in [-0.3, -0.25) is 4.79 Å². The second-order valence-electron chi connectivity index (χ2n) is 19.8. The largest absolute Gasteiger partial charge is 0.462 e. The van der Waals surface area contributed by atoms with E-state index in [0.717, 1.165) is 60.9 Å². The van der Waals surface area contributed by atoms with Crippen molar-refractivity contribution in [2.45, 2.75) is 238 Å². The maximum Gasteiger partial charge on any atom is 0.338 e. The van der Waals surface area contributed by atoms with Crippen molar-refractivity contribution in [2.75, 3.05) is 7.11 Å². The Balaban J connectivity index is 1.28. The summed E-state index contributed by atoms with van der Waals surface area (Å²) in [5.74, 6) is -0.0595. The van der Waals surface area contributed by atoms with E-state index in [1.165, 1.54) is 64.2 Å². The van der Waals surface area contributed by atoms with E-state index < -0.39 is 42.3 Å². The minimum absolute atomic E-state index is 0.0845. The van der Waals surface area contributed by atoms with Gasteiger partial charge < -0.3 is 37.9 Å². The van der Waals surface area contributed by atoms with Gasteiger partial charge in [-0.2, -0.15) is 0 Å². The molecule has 356 valence electrons. The van der Waals surface area contributed by atoms with E-state index >= 15 is 0 Å². The SMILES string of the molecule is CCCCCCCCCCCCCCC[C@H](O)OC1CC(C(C)C(OC)/C(C)=C/C(C)=C/C(C)=C/c2coc(C)n2)OC(=O)C2OC2CC2CC(=O)OC(C2)C(C)CCC2OC12C. The molecule has 4 saturated heterocycles. The van der Waals surface area contributed by atoms with Crippen molar-refractivity contribution in [1.29, 1.82) is 0 Å². The predicted molar refractivity (Wildman–Crippen MR) is 246 cm³/mol. The number of carbonyl (C=O) groups excluding carboxylic acids is 2. The molecule has 0 radical (unpaired) electrons. The summed E-state index contributed by atoms with van der Waals surface area (Å²) in [6, 6.07) is 0. The summed E-state index contributed by atoms with van der Waals surface area (Å²) in [7, 11) is 1.69. The normalized spacial score (nSPS) is 31.0. The van der Waals surface area contributed by atoms with Crippen molar-refractivity contribution in [1.82, 2.24) is 4.98 Å². The highest BCUT2D eigenvalue weighted by Crippen LogP contribution is 2.48. The van der Waals surface area contributed by atoms with Crippen molar-refractivity contribution in [2.24, 2.45) is 17.8 Å². The molecule has 12 atom stereocenters. The highest BCUT2D eigenvalue weighted by atomic mass is 16.7. The second kappa shape index (κ2) is 25.2. The number of esters is 2. The van der Waals surface area contributed by atoms with Gasteiger partial charge in [0.2, 0.25) is 0 Å². The topological polar surface area (TPSA) is 142 Å². The van der Waals surface area contributed by atoms with Gasteiger partial charge in [-0.15, -0.1) is 0 Å². The van der Waals surface area contributed by atoms with Gasteiger partial charge in [0, 0.05) is 32.8 Å². The molecule has 0 saturated carbocycles. The Kier molecular flexibility index (Phi) is 20.4. The molecule has 1 N–H and O–H groups in total. The molecule has 11 unspecified atom stereocenters. The number of carbonyl (C=O) groups is 2. The summed E-state index contributed by atoms with van der Waals surface area (Å²) in [5, 5.41) is 11.5. The molecule has 5 heterocycles. The molecule has 11 nitrogen and oxygen atoms in total. The maximum atomic E-state index is 14.0. The lowest BCUT2D eigenvalue weighted by Crippen LogP contribution is -2.44. The van der Waals surface area contributed by atoms with Crippen LogP contribution in [0.3, 0.4) is 0 Å². The van der Waals surface area contributed by atoms with Crippen molar-refractivity contribution in [3.8, 4) is 0 Å². The Labute approximate surface area is 379 Å². The number of cyclic esters (lactones) is 1. The lowest BCUT2D eigenvalue weighted by Gasteiger charge is -2.35. The number of oxazole rings is 1. The number of aryl methyl sites for hydroxylation is 1. The first kappa shape index (κ1) is 51.2. The predicted octanol–water partition coefficient (Wildman–Crippen LogP) is 11.5. The Morgan fingerprint density at radius 2 is 1.56 bits per heavy atom. The van der Waals surface area contributed by atoms with Crippen LogP contribution in [-0.4, -0.2) is 83.8 Å². The first-order valence-electron chi connectivity index (χ1n) is 24.8. The summed E-state index contributed by atoms with van der Waals surface area (Å²) in [4.78, 5) is 31.1. The van der Waals surface area contributed by atoms with Crippen LogP contribution < -0.4 is 0 Å². The van der Waals surface area contributed by atoms with Crippen LogP contribution in [0.5, 0.6) is 0 Å². The first-order chi connectivity index (χ1) is 30.2. The minimum Gasteiger partial charge on any atom is -0.462 e. The quantitative estimate of drug-likeness (QED) is 0.0369. The van der Waals surface area contributed by atoms with Gasteiger partial charge in [0.25, 0.3) is 0 Å². The molecule has 0 aromatic carbocycles. The Morgan fingerprint density at radius 1 is 0.905 bits per heavy atom. The summed E-state index contributed by atoms with van der Waals surface area (Å²) in [6.45, 7) is 16.5. The Hall–Kier alpha value is -2.83. The number of hydrogen-bond acceptors (Lipinski definition) is 11. The van der Waals surface area contributed by atoms with Crippen LogP contribution in [0, 0.1) is 24.7 Å². The van der Waals surface area contributed by atoms with Gasteiger partial charge >= 0.3 is 11.9 Å². The lowest BCUT2D eigenvalue weighted by molar-refractivity contribution is -0.179. The van der Waals surface area contributed by atoms with Gasteiger partial charge in [-0.1, -0.05) is 116 Å². The third-order valence-electron chi connectivity index (χ3n) is 14.1. The molecule has 4 fully saturated rings. The molecule has 0 aliphatic carbocycles. The molecule has 63 heavy (non-hydrogen) atoms. The zero-order chi connectivity index (χ0) is 45.5. The number of ether oxygens (including phenoxy) is 6. The molecule has 1 aromatic rings. The van der Waals surface area contributed by atoms with Crippen LogP contribution >= 0.6 is 0 Å². The molecule has 4 aliphatic heterocycles. The highest BCUT2D eigenvalue weighted by Gasteiger charge is 2.60. The number of unbranched alkanes of at least 4 members (excludes halogenated alkanes) is 12. The van der Waals surface area contributed by atoms with Crippen LogP contribution in [0.1, 0.15) is 188 Å². The molecule has 11 heteroatoms. The third-order valence-corrected chi connectivity index (χ3v) is 14.1. The van der Waals surface area contributed by atoms with E-state index in [0.29, 0.717) is 31.6 Å². The van der Waals surface area contributed by atoms with Gasteiger partial charge in [0.05, 0.1) is 24.4 Å². The fraction of sp³-hybridized carbons (Fsp3) is 0.788. The van der Waals surface area contributed by atoms with Crippen LogP contribution in [0.15, 0.2) is 39.6 Å². The van der Waals surface area contributed by atoms with E-state index in [2.05, 4.69) is 37.9 Å². The average molecular weight is 882 g/mol. The number of rotatable bonds is 23. The van der Waals surface area contributed by atoms with Crippen LogP contribution in [0.25, 0.3) is 6.08 Å². The number of hydrogen-bond donors (Lipinski definition) is 1. The fourth-order valence-electron chi connectivity index (χ4n) is 10.2. The van der Waals surface area contributed by atoms with E-state index in [-0.39, 0.29) is 42.0 Å². The van der Waals surface area contributed by atoms with Crippen molar-refractivity contribution in [3.05, 3.63) is 46.7 Å². The number of aliphatic hydroxyl groups is 1. The van der Waals surface area contributed by atoms with E-state index in [9.17, 15) is 14.7 Å². The molecular weight excluding hydrogens is 799 g/mol. The number of allylic oxidation sites excluding steroid dienone is 4. The Bertz CT molecular complexity index is 1670. The second-order valence-corrected chi connectivity index (χ2v) is 19.8. The summed E-state index contributed by atoms with van der Waals surface area (Å²) in [6.07, 6.45) is 24.3. The van der Waals surface area contributed by atoms with Crippen molar-refractivity contribution < 1.29 is 47.5 Å². The highest BCUT2D eigenvalue weighted by molar-refractivity contribution is 5.78. The lowest BCUT2D eigenvalue weighted by atomic mass is 9.82. The number of fused-ring (bicyclic) bond motifs is 4.